The Balaban J connectivity index is 1.72. The fourth-order valence-electron chi connectivity index (χ4n) is 3.45. The van der Waals surface area contributed by atoms with E-state index in [4.69, 9.17) is 15.3 Å². The van der Waals surface area contributed by atoms with Gasteiger partial charge < -0.3 is 9.52 Å². The molecule has 4 heterocycles. The lowest BCUT2D eigenvalue weighted by Crippen LogP contribution is -2.45. The van der Waals surface area contributed by atoms with Crippen LogP contribution in [0.15, 0.2) is 32.6 Å². The molecule has 5 rings (SSSR count). The number of nitrogens with two attached hydrogens (primary N) is 1. The zero-order chi connectivity index (χ0) is 17.8. The molecule has 3 aromatic rings. The van der Waals surface area contributed by atoms with Gasteiger partial charge in [-0.3, -0.25) is 14.6 Å². The van der Waals surface area contributed by atoms with Gasteiger partial charge in [-0.2, -0.15) is 4.98 Å². The highest BCUT2D eigenvalue weighted by Crippen LogP contribution is 2.38. The second-order valence-corrected chi connectivity index (χ2v) is 6.73. The second kappa shape index (κ2) is 5.58. The number of nitrogens with zero attached hydrogens (tertiary/aromatic N) is 5. The van der Waals surface area contributed by atoms with E-state index in [-0.39, 0.29) is 25.0 Å². The number of aliphatic hydroxyl groups is 1. The summed E-state index contributed by atoms with van der Waals surface area (Å²) >= 11 is 0. The van der Waals surface area contributed by atoms with Crippen molar-refractivity contribution in [2.45, 2.75) is 32.0 Å². The Labute approximate surface area is 147 Å². The van der Waals surface area contributed by atoms with E-state index in [0.29, 0.717) is 34.7 Å². The SMILES string of the molecule is NN1c2nc3n(CCO)c(=O)[nH]n3c2C(c2ccco2)=NC1CC1CC1. The van der Waals surface area contributed by atoms with Gasteiger partial charge in [-0.25, -0.2) is 20.3 Å². The van der Waals surface area contributed by atoms with Gasteiger partial charge in [0.1, 0.15) is 17.6 Å². The van der Waals surface area contributed by atoms with E-state index in [2.05, 4.69) is 10.1 Å². The van der Waals surface area contributed by atoms with Crippen LogP contribution >= 0.6 is 0 Å². The normalized spacial score (nSPS) is 19.8. The average molecular weight is 357 g/mol. The molecule has 1 aliphatic heterocycles. The van der Waals surface area contributed by atoms with Crippen molar-refractivity contribution in [2.24, 2.45) is 16.8 Å². The van der Waals surface area contributed by atoms with Crippen molar-refractivity contribution >= 4 is 17.3 Å². The molecule has 0 saturated heterocycles. The number of hydrogen-bond acceptors (Lipinski definition) is 7. The van der Waals surface area contributed by atoms with E-state index < -0.39 is 0 Å². The molecule has 3 aromatic heterocycles. The van der Waals surface area contributed by atoms with Gasteiger partial charge >= 0.3 is 5.69 Å². The maximum atomic E-state index is 12.2. The lowest BCUT2D eigenvalue weighted by atomic mass is 10.1. The van der Waals surface area contributed by atoms with Crippen LogP contribution in [0.25, 0.3) is 5.78 Å². The Morgan fingerprint density at radius 3 is 2.96 bits per heavy atom. The Kier molecular flexibility index (Phi) is 3.31. The molecule has 0 radical (unpaired) electrons. The molecular weight excluding hydrogens is 338 g/mol. The Hall–Kier alpha value is -2.85. The van der Waals surface area contributed by atoms with Crippen LogP contribution < -0.4 is 16.5 Å². The number of anilines is 1. The fraction of sp³-hybridized carbons (Fsp3) is 0.438. The van der Waals surface area contributed by atoms with Crippen molar-refractivity contribution in [2.75, 3.05) is 11.6 Å². The smallest absolute Gasteiger partial charge is 0.343 e. The van der Waals surface area contributed by atoms with E-state index in [1.165, 1.54) is 17.4 Å². The zero-order valence-corrected chi connectivity index (χ0v) is 14.0. The van der Waals surface area contributed by atoms with Gasteiger partial charge in [0.25, 0.3) is 0 Å². The van der Waals surface area contributed by atoms with Gasteiger partial charge in [-0.05, 0) is 24.5 Å². The van der Waals surface area contributed by atoms with Crippen molar-refractivity contribution < 1.29 is 9.52 Å². The number of H-pyrrole nitrogens is 1. The minimum absolute atomic E-state index is 0.144. The van der Waals surface area contributed by atoms with Gasteiger partial charge in [0.2, 0.25) is 5.78 Å². The third kappa shape index (κ3) is 2.22. The number of imidazole rings is 1. The van der Waals surface area contributed by atoms with E-state index in [9.17, 15) is 9.90 Å². The Bertz CT molecular complexity index is 1040. The molecule has 0 amide bonds. The number of aliphatic hydroxyl groups excluding tert-OH is 1. The minimum atomic E-state index is -0.355. The number of aromatic nitrogens is 4. The number of fused-ring (bicyclic) bond motifs is 3. The van der Waals surface area contributed by atoms with Crippen LogP contribution in [-0.2, 0) is 6.54 Å². The molecule has 1 aliphatic carbocycles. The molecule has 10 nitrogen and oxygen atoms in total. The van der Waals surface area contributed by atoms with Crippen LogP contribution in [-0.4, -0.2) is 42.8 Å². The summed E-state index contributed by atoms with van der Waals surface area (Å²) in [6.07, 6.45) is 4.61. The van der Waals surface area contributed by atoms with Crippen LogP contribution in [0.3, 0.4) is 0 Å². The summed E-state index contributed by atoms with van der Waals surface area (Å²) in [4.78, 5) is 21.6. The molecule has 26 heavy (non-hydrogen) atoms. The maximum absolute atomic E-state index is 12.2. The average Bonchev–Trinajstić information content (AvgIpc) is 3.04. The predicted octanol–water partition coefficient (Wildman–Crippen LogP) is 0.0667. The van der Waals surface area contributed by atoms with E-state index in [1.807, 2.05) is 6.07 Å². The van der Waals surface area contributed by atoms with Gasteiger partial charge in [-0.1, -0.05) is 12.8 Å². The largest absolute Gasteiger partial charge is 0.463 e. The third-order valence-corrected chi connectivity index (χ3v) is 4.92. The molecule has 136 valence electrons. The fourth-order valence-corrected chi connectivity index (χ4v) is 3.45. The van der Waals surface area contributed by atoms with E-state index >= 15 is 0 Å². The van der Waals surface area contributed by atoms with Crippen LogP contribution in [0.2, 0.25) is 0 Å². The summed E-state index contributed by atoms with van der Waals surface area (Å²) in [7, 11) is 0. The predicted molar refractivity (Wildman–Crippen MR) is 93.0 cm³/mol. The first kappa shape index (κ1) is 15.4. The van der Waals surface area contributed by atoms with Crippen LogP contribution in [0.4, 0.5) is 5.82 Å². The molecule has 0 spiro atoms. The lowest BCUT2D eigenvalue weighted by Gasteiger charge is -2.29. The van der Waals surface area contributed by atoms with Gasteiger partial charge in [0, 0.05) is 0 Å². The summed E-state index contributed by atoms with van der Waals surface area (Å²) in [5.41, 5.74) is 0.840. The molecule has 0 bridgehead atoms. The third-order valence-electron chi connectivity index (χ3n) is 4.92. The Morgan fingerprint density at radius 1 is 1.42 bits per heavy atom. The summed E-state index contributed by atoms with van der Waals surface area (Å²) < 4.78 is 8.50. The number of rotatable bonds is 5. The van der Waals surface area contributed by atoms with Gasteiger partial charge in [-0.15, -0.1) is 0 Å². The molecule has 10 heteroatoms. The molecule has 2 aliphatic rings. The Morgan fingerprint density at radius 2 is 2.27 bits per heavy atom. The molecule has 1 unspecified atom stereocenters. The summed E-state index contributed by atoms with van der Waals surface area (Å²) in [6, 6.07) is 3.62. The molecule has 0 aromatic carbocycles. The molecule has 1 fully saturated rings. The topological polar surface area (TPSA) is 130 Å². The number of hydrogen-bond donors (Lipinski definition) is 3. The van der Waals surface area contributed by atoms with E-state index in [1.54, 1.807) is 21.9 Å². The van der Waals surface area contributed by atoms with Crippen molar-refractivity contribution in [3.63, 3.8) is 0 Å². The van der Waals surface area contributed by atoms with Crippen LogP contribution in [0.1, 0.15) is 30.7 Å². The highest BCUT2D eigenvalue weighted by Gasteiger charge is 2.37. The zero-order valence-electron chi connectivity index (χ0n) is 14.0. The summed E-state index contributed by atoms with van der Waals surface area (Å²) in [5.74, 6) is 8.49. The van der Waals surface area contributed by atoms with E-state index in [0.717, 1.165) is 6.42 Å². The molecule has 1 saturated carbocycles. The summed E-state index contributed by atoms with van der Waals surface area (Å²) in [6.45, 7) is -0.0221. The van der Waals surface area contributed by atoms with Crippen molar-refractivity contribution in [3.8, 4) is 0 Å². The molecule has 1 atom stereocenters. The maximum Gasteiger partial charge on any atom is 0.343 e. The number of aromatic amines is 1. The van der Waals surface area contributed by atoms with Crippen molar-refractivity contribution in [1.82, 2.24) is 19.2 Å². The number of aliphatic imine (C=N–C) groups is 1. The van der Waals surface area contributed by atoms with Crippen LogP contribution in [0.5, 0.6) is 0 Å². The van der Waals surface area contributed by atoms with Gasteiger partial charge in [0.05, 0.1) is 19.4 Å². The summed E-state index contributed by atoms with van der Waals surface area (Å²) in [5, 5.41) is 13.6. The van der Waals surface area contributed by atoms with Gasteiger partial charge in [0.15, 0.2) is 11.6 Å². The monoisotopic (exact) mass is 357 g/mol. The number of hydrazine groups is 1. The molecular formula is C16H19N7O3. The highest BCUT2D eigenvalue weighted by atomic mass is 16.3. The standard InChI is InChI=1S/C16H19N7O3/c17-22-11(8-9-3-4-9)18-12(10-2-1-7-26-10)13-14(22)19-15-21(5-6-24)16(25)20-23(13)15/h1-2,7,9,11,24H,3-6,8,17H2,(H,20,25). The quantitative estimate of drug-likeness (QED) is 0.554. The van der Waals surface area contributed by atoms with Crippen molar-refractivity contribution in [3.05, 3.63) is 40.3 Å². The first-order valence-electron chi connectivity index (χ1n) is 8.65. The number of furan rings is 1. The highest BCUT2D eigenvalue weighted by molar-refractivity contribution is 6.14. The van der Waals surface area contributed by atoms with Crippen LogP contribution in [0, 0.1) is 5.92 Å². The number of nitrogens with one attached hydrogen (secondary N) is 1. The van der Waals surface area contributed by atoms with Crippen molar-refractivity contribution in [1.29, 1.82) is 0 Å². The lowest BCUT2D eigenvalue weighted by molar-refractivity contribution is 0.276. The first-order chi connectivity index (χ1) is 12.7. The minimum Gasteiger partial charge on any atom is -0.463 e. The second-order valence-electron chi connectivity index (χ2n) is 6.73. The molecule has 4 N–H and O–H groups in total. The first-order valence-corrected chi connectivity index (χ1v) is 8.65.